The molecule has 32 heavy (non-hydrogen) atoms. The van der Waals surface area contributed by atoms with Gasteiger partial charge >= 0.3 is 0 Å². The van der Waals surface area contributed by atoms with Crippen LogP contribution in [0.1, 0.15) is 31.9 Å². The molecule has 0 aromatic heterocycles. The summed E-state index contributed by atoms with van der Waals surface area (Å²) >= 11 is 0. The van der Waals surface area contributed by atoms with E-state index in [-0.39, 0.29) is 17.0 Å². The zero-order chi connectivity index (χ0) is 22.9. The Morgan fingerprint density at radius 2 is 1.41 bits per heavy atom. The first-order chi connectivity index (χ1) is 15.3. The number of nitrogens with one attached hydrogen (secondary N) is 1. The molecule has 0 unspecified atom stereocenters. The number of amides is 2. The second kappa shape index (κ2) is 8.35. The lowest BCUT2D eigenvalue weighted by atomic mass is 9.87. The fourth-order valence-electron chi connectivity index (χ4n) is 3.75. The number of carbonyl (C=O) groups excluding carboxylic acids is 2. The number of methoxy groups -OCH3 is 1. The van der Waals surface area contributed by atoms with Gasteiger partial charge < -0.3 is 10.1 Å². The number of carbonyl (C=O) groups is 2. The number of para-hydroxylation sites is 2. The summed E-state index contributed by atoms with van der Waals surface area (Å²) in [6.45, 7) is 6.45. The van der Waals surface area contributed by atoms with Crippen molar-refractivity contribution in [3.8, 4) is 5.75 Å². The van der Waals surface area contributed by atoms with Crippen LogP contribution in [0.3, 0.4) is 0 Å². The summed E-state index contributed by atoms with van der Waals surface area (Å²) in [4.78, 5) is 28.2. The predicted molar refractivity (Wildman–Crippen MR) is 128 cm³/mol. The van der Waals surface area contributed by atoms with Crippen LogP contribution < -0.4 is 15.0 Å². The van der Waals surface area contributed by atoms with E-state index in [4.69, 9.17) is 4.74 Å². The van der Waals surface area contributed by atoms with E-state index in [0.717, 1.165) is 5.69 Å². The molecule has 4 rings (SSSR count). The largest absolute Gasteiger partial charge is 0.495 e. The number of nitrogens with zero attached hydrogens (tertiary/aromatic N) is 1. The van der Waals surface area contributed by atoms with Gasteiger partial charge in [0.15, 0.2) is 0 Å². The smallest absolute Gasteiger partial charge is 0.282 e. The second-order valence-electron chi connectivity index (χ2n) is 8.69. The number of imide groups is 1. The summed E-state index contributed by atoms with van der Waals surface area (Å²) in [5, 5.41) is 3.21. The van der Waals surface area contributed by atoms with Gasteiger partial charge in [0.25, 0.3) is 11.8 Å². The Balaban J connectivity index is 1.78. The molecule has 0 bridgehead atoms. The Morgan fingerprint density at radius 3 is 2.03 bits per heavy atom. The summed E-state index contributed by atoms with van der Waals surface area (Å²) in [7, 11) is 1.52. The maximum Gasteiger partial charge on any atom is 0.282 e. The van der Waals surface area contributed by atoms with Crippen molar-refractivity contribution in [2.75, 3.05) is 17.3 Å². The van der Waals surface area contributed by atoms with Gasteiger partial charge in [0.1, 0.15) is 11.4 Å². The molecule has 2 amide bonds. The Kier molecular flexibility index (Phi) is 5.57. The Hall–Kier alpha value is -3.86. The van der Waals surface area contributed by atoms with Gasteiger partial charge in [-0.25, -0.2) is 4.90 Å². The fourth-order valence-corrected chi connectivity index (χ4v) is 3.75. The van der Waals surface area contributed by atoms with Gasteiger partial charge in [0.05, 0.1) is 18.4 Å². The van der Waals surface area contributed by atoms with Gasteiger partial charge in [-0.2, -0.15) is 0 Å². The second-order valence-corrected chi connectivity index (χ2v) is 8.69. The van der Waals surface area contributed by atoms with Gasteiger partial charge in [0.2, 0.25) is 0 Å². The third kappa shape index (κ3) is 3.89. The number of hydrogen-bond acceptors (Lipinski definition) is 4. The highest BCUT2D eigenvalue weighted by Gasteiger charge is 2.41. The van der Waals surface area contributed by atoms with Gasteiger partial charge in [-0.15, -0.1) is 0 Å². The standard InChI is InChI=1S/C27H26N2O3/c1-27(2,3)19-14-16-20(17-15-19)28-24-23(18-10-6-5-7-11-18)25(30)29(26(24)31)21-12-8-9-13-22(21)32-4/h5-17,28H,1-4H3. The number of ether oxygens (including phenoxy) is 1. The monoisotopic (exact) mass is 426 g/mol. The first-order valence-corrected chi connectivity index (χ1v) is 10.5. The topological polar surface area (TPSA) is 58.6 Å². The van der Waals surface area contributed by atoms with Crippen LogP contribution in [-0.4, -0.2) is 18.9 Å². The molecule has 162 valence electrons. The molecule has 1 aliphatic heterocycles. The molecule has 3 aromatic rings. The van der Waals surface area contributed by atoms with Crippen molar-refractivity contribution in [2.45, 2.75) is 26.2 Å². The highest BCUT2D eigenvalue weighted by atomic mass is 16.5. The third-order valence-corrected chi connectivity index (χ3v) is 5.49. The van der Waals surface area contributed by atoms with Crippen LogP contribution in [0.2, 0.25) is 0 Å². The first-order valence-electron chi connectivity index (χ1n) is 10.5. The summed E-state index contributed by atoms with van der Waals surface area (Å²) in [6, 6.07) is 24.2. The molecule has 0 aliphatic carbocycles. The molecule has 1 N–H and O–H groups in total. The van der Waals surface area contributed by atoms with Crippen molar-refractivity contribution < 1.29 is 14.3 Å². The molecule has 5 heteroatoms. The Morgan fingerprint density at radius 1 is 0.781 bits per heavy atom. The van der Waals surface area contributed by atoms with E-state index in [0.29, 0.717) is 22.6 Å². The Labute approximate surface area is 188 Å². The molecule has 0 saturated heterocycles. The molecule has 5 nitrogen and oxygen atoms in total. The van der Waals surface area contributed by atoms with E-state index in [1.54, 1.807) is 24.3 Å². The van der Waals surface area contributed by atoms with Crippen molar-refractivity contribution in [3.05, 3.63) is 95.7 Å². The molecule has 0 radical (unpaired) electrons. The third-order valence-electron chi connectivity index (χ3n) is 5.49. The van der Waals surface area contributed by atoms with Crippen LogP contribution in [0.4, 0.5) is 11.4 Å². The average Bonchev–Trinajstić information content (AvgIpc) is 3.03. The van der Waals surface area contributed by atoms with E-state index in [9.17, 15) is 9.59 Å². The quantitative estimate of drug-likeness (QED) is 0.556. The van der Waals surface area contributed by atoms with Crippen LogP contribution in [-0.2, 0) is 15.0 Å². The lowest BCUT2D eigenvalue weighted by Gasteiger charge is -2.20. The van der Waals surface area contributed by atoms with Gasteiger partial charge in [0, 0.05) is 5.69 Å². The van der Waals surface area contributed by atoms with Gasteiger partial charge in [-0.1, -0.05) is 75.4 Å². The van der Waals surface area contributed by atoms with Gasteiger partial charge in [-0.05, 0) is 40.8 Å². The number of hydrogen-bond donors (Lipinski definition) is 1. The molecule has 3 aromatic carbocycles. The average molecular weight is 427 g/mol. The maximum absolute atomic E-state index is 13.5. The fraction of sp³-hybridized carbons (Fsp3) is 0.185. The van der Waals surface area contributed by atoms with Crippen molar-refractivity contribution >= 4 is 28.8 Å². The molecule has 0 atom stereocenters. The van der Waals surface area contributed by atoms with Crippen molar-refractivity contribution in [3.63, 3.8) is 0 Å². The number of anilines is 2. The highest BCUT2D eigenvalue weighted by molar-refractivity contribution is 6.46. The summed E-state index contributed by atoms with van der Waals surface area (Å²) < 4.78 is 5.41. The lowest BCUT2D eigenvalue weighted by Crippen LogP contribution is -2.32. The maximum atomic E-state index is 13.5. The summed E-state index contributed by atoms with van der Waals surface area (Å²) in [5.41, 5.74) is 3.62. The van der Waals surface area contributed by atoms with E-state index in [1.807, 2.05) is 54.6 Å². The summed E-state index contributed by atoms with van der Waals surface area (Å²) in [6.07, 6.45) is 0. The van der Waals surface area contributed by atoms with Crippen LogP contribution in [0, 0.1) is 0 Å². The number of benzene rings is 3. The zero-order valence-corrected chi connectivity index (χ0v) is 18.7. The Bertz CT molecular complexity index is 1190. The SMILES string of the molecule is COc1ccccc1N1C(=O)C(Nc2ccc(C(C)(C)C)cc2)=C(c2ccccc2)C1=O. The van der Waals surface area contributed by atoms with Crippen LogP contribution in [0.15, 0.2) is 84.6 Å². The summed E-state index contributed by atoms with van der Waals surface area (Å²) in [5.74, 6) is -0.352. The van der Waals surface area contributed by atoms with E-state index in [2.05, 4.69) is 26.1 Å². The van der Waals surface area contributed by atoms with Crippen LogP contribution >= 0.6 is 0 Å². The molecule has 1 aliphatic rings. The van der Waals surface area contributed by atoms with Crippen LogP contribution in [0.25, 0.3) is 5.57 Å². The molecule has 0 saturated carbocycles. The number of rotatable bonds is 5. The lowest BCUT2D eigenvalue weighted by molar-refractivity contribution is -0.120. The zero-order valence-electron chi connectivity index (χ0n) is 18.7. The minimum absolute atomic E-state index is 0.0206. The van der Waals surface area contributed by atoms with Crippen molar-refractivity contribution in [1.82, 2.24) is 0 Å². The highest BCUT2D eigenvalue weighted by Crippen LogP contribution is 2.37. The first kappa shape index (κ1) is 21.4. The normalized spacial score (nSPS) is 14.2. The molecule has 0 fully saturated rings. The van der Waals surface area contributed by atoms with Gasteiger partial charge in [-0.3, -0.25) is 9.59 Å². The predicted octanol–water partition coefficient (Wildman–Crippen LogP) is 5.39. The molecular weight excluding hydrogens is 400 g/mol. The van der Waals surface area contributed by atoms with E-state index in [1.165, 1.54) is 17.6 Å². The van der Waals surface area contributed by atoms with Crippen molar-refractivity contribution in [1.29, 1.82) is 0 Å². The molecule has 0 spiro atoms. The minimum Gasteiger partial charge on any atom is -0.495 e. The van der Waals surface area contributed by atoms with E-state index < -0.39 is 5.91 Å². The molecular formula is C27H26N2O3. The molecule has 1 heterocycles. The minimum atomic E-state index is -0.418. The van der Waals surface area contributed by atoms with Crippen molar-refractivity contribution in [2.24, 2.45) is 0 Å². The van der Waals surface area contributed by atoms with Crippen LogP contribution in [0.5, 0.6) is 5.75 Å². The van der Waals surface area contributed by atoms with E-state index >= 15 is 0 Å².